The van der Waals surface area contributed by atoms with Crippen molar-refractivity contribution in [2.75, 3.05) is 19.5 Å². The lowest BCUT2D eigenvalue weighted by Gasteiger charge is -2.15. The molecule has 0 spiro atoms. The SMILES string of the molecule is COc1cccc(CN)c1OCCS(=O)(=O)C(C)C. The fourth-order valence-electron chi connectivity index (χ4n) is 1.54. The van der Waals surface area contributed by atoms with Crippen LogP contribution in [-0.2, 0) is 16.4 Å². The summed E-state index contributed by atoms with van der Waals surface area (Å²) < 4.78 is 34.1. The summed E-state index contributed by atoms with van der Waals surface area (Å²) in [5.74, 6) is 1.06. The molecule has 0 aliphatic rings. The minimum atomic E-state index is -3.10. The minimum Gasteiger partial charge on any atom is -0.493 e. The second kappa shape index (κ2) is 6.77. The number of hydrogen-bond donors (Lipinski definition) is 1. The maximum absolute atomic E-state index is 11.7. The van der Waals surface area contributed by atoms with E-state index in [1.54, 1.807) is 19.9 Å². The predicted molar refractivity (Wildman–Crippen MR) is 75.3 cm³/mol. The molecule has 0 amide bonds. The largest absolute Gasteiger partial charge is 0.493 e. The lowest BCUT2D eigenvalue weighted by atomic mass is 10.2. The zero-order valence-electron chi connectivity index (χ0n) is 11.5. The molecule has 5 nitrogen and oxygen atoms in total. The summed E-state index contributed by atoms with van der Waals surface area (Å²) >= 11 is 0. The molecule has 1 rings (SSSR count). The van der Waals surface area contributed by atoms with E-state index in [9.17, 15) is 8.42 Å². The van der Waals surface area contributed by atoms with Gasteiger partial charge in [0.05, 0.1) is 18.1 Å². The van der Waals surface area contributed by atoms with Crippen molar-refractivity contribution >= 4 is 9.84 Å². The predicted octanol–water partition coefficient (Wildman–Crippen LogP) is 1.36. The quantitative estimate of drug-likeness (QED) is 0.819. The Hall–Kier alpha value is -1.27. The second-order valence-electron chi connectivity index (χ2n) is 4.42. The van der Waals surface area contributed by atoms with E-state index in [0.29, 0.717) is 18.0 Å². The Labute approximate surface area is 114 Å². The first kappa shape index (κ1) is 15.8. The third kappa shape index (κ3) is 4.11. The van der Waals surface area contributed by atoms with Gasteiger partial charge in [-0.2, -0.15) is 0 Å². The minimum absolute atomic E-state index is 0.0211. The Kier molecular flexibility index (Phi) is 5.62. The van der Waals surface area contributed by atoms with Crippen molar-refractivity contribution in [2.45, 2.75) is 25.6 Å². The number of methoxy groups -OCH3 is 1. The summed E-state index contributed by atoms with van der Waals surface area (Å²) in [5, 5.41) is -0.400. The van der Waals surface area contributed by atoms with E-state index in [4.69, 9.17) is 15.2 Å². The molecular formula is C13H21NO4S. The number of para-hydroxylation sites is 1. The van der Waals surface area contributed by atoms with Crippen molar-refractivity contribution in [3.63, 3.8) is 0 Å². The lowest BCUT2D eigenvalue weighted by molar-refractivity contribution is 0.308. The number of ether oxygens (including phenoxy) is 2. The molecule has 0 saturated carbocycles. The molecule has 0 unspecified atom stereocenters. The van der Waals surface area contributed by atoms with Gasteiger partial charge in [-0.1, -0.05) is 12.1 Å². The van der Waals surface area contributed by atoms with Crippen LogP contribution in [0.2, 0.25) is 0 Å². The van der Waals surface area contributed by atoms with E-state index in [2.05, 4.69) is 0 Å². The highest BCUT2D eigenvalue weighted by atomic mass is 32.2. The fraction of sp³-hybridized carbons (Fsp3) is 0.538. The van der Waals surface area contributed by atoms with Crippen LogP contribution < -0.4 is 15.2 Å². The smallest absolute Gasteiger partial charge is 0.165 e. The number of sulfone groups is 1. The highest BCUT2D eigenvalue weighted by Gasteiger charge is 2.17. The van der Waals surface area contributed by atoms with Crippen LogP contribution in [0.15, 0.2) is 18.2 Å². The van der Waals surface area contributed by atoms with E-state index in [1.807, 2.05) is 12.1 Å². The van der Waals surface area contributed by atoms with Crippen molar-refractivity contribution in [1.29, 1.82) is 0 Å². The summed E-state index contributed by atoms with van der Waals surface area (Å²) in [6.07, 6.45) is 0. The van der Waals surface area contributed by atoms with Gasteiger partial charge in [0.1, 0.15) is 6.61 Å². The van der Waals surface area contributed by atoms with Crippen LogP contribution >= 0.6 is 0 Å². The first-order valence-corrected chi connectivity index (χ1v) is 7.84. The Morgan fingerprint density at radius 2 is 2.00 bits per heavy atom. The molecule has 6 heteroatoms. The van der Waals surface area contributed by atoms with Crippen LogP contribution in [0.25, 0.3) is 0 Å². The maximum atomic E-state index is 11.7. The zero-order chi connectivity index (χ0) is 14.5. The topological polar surface area (TPSA) is 78.6 Å². The van der Waals surface area contributed by atoms with Gasteiger partial charge in [0.2, 0.25) is 0 Å². The number of benzene rings is 1. The Morgan fingerprint density at radius 3 is 2.53 bits per heavy atom. The molecule has 0 aliphatic heterocycles. The van der Waals surface area contributed by atoms with Gasteiger partial charge in [0.25, 0.3) is 0 Å². The van der Waals surface area contributed by atoms with Gasteiger partial charge in [-0.25, -0.2) is 8.42 Å². The van der Waals surface area contributed by atoms with Crippen molar-refractivity contribution < 1.29 is 17.9 Å². The molecule has 0 aliphatic carbocycles. The van der Waals surface area contributed by atoms with E-state index in [1.165, 1.54) is 7.11 Å². The average molecular weight is 287 g/mol. The van der Waals surface area contributed by atoms with Gasteiger partial charge in [-0.15, -0.1) is 0 Å². The van der Waals surface area contributed by atoms with Gasteiger partial charge in [0, 0.05) is 12.1 Å². The normalized spacial score (nSPS) is 11.6. The van der Waals surface area contributed by atoms with E-state index < -0.39 is 15.1 Å². The van der Waals surface area contributed by atoms with Crippen molar-refractivity contribution in [1.82, 2.24) is 0 Å². The molecule has 0 fully saturated rings. The Balaban J connectivity index is 2.78. The summed E-state index contributed by atoms with van der Waals surface area (Å²) in [7, 11) is -1.57. The van der Waals surface area contributed by atoms with Gasteiger partial charge in [-0.3, -0.25) is 0 Å². The third-order valence-corrected chi connectivity index (χ3v) is 5.00. The van der Waals surface area contributed by atoms with Crippen molar-refractivity contribution in [2.24, 2.45) is 5.73 Å². The van der Waals surface area contributed by atoms with E-state index in [-0.39, 0.29) is 12.4 Å². The molecular weight excluding hydrogens is 266 g/mol. The standard InChI is InChI=1S/C13H21NO4S/c1-10(2)19(15,16)8-7-18-13-11(9-14)5-4-6-12(13)17-3/h4-6,10H,7-9,14H2,1-3H3. The molecule has 19 heavy (non-hydrogen) atoms. The van der Waals surface area contributed by atoms with E-state index in [0.717, 1.165) is 5.56 Å². The fourth-order valence-corrected chi connectivity index (χ4v) is 2.33. The third-order valence-electron chi connectivity index (χ3n) is 2.83. The number of hydrogen-bond acceptors (Lipinski definition) is 5. The number of rotatable bonds is 7. The molecule has 0 radical (unpaired) electrons. The summed E-state index contributed by atoms with van der Waals surface area (Å²) in [6.45, 7) is 3.71. The van der Waals surface area contributed by atoms with Crippen LogP contribution in [0.5, 0.6) is 11.5 Å². The number of nitrogens with two attached hydrogens (primary N) is 1. The van der Waals surface area contributed by atoms with Crippen molar-refractivity contribution in [3.8, 4) is 11.5 Å². The van der Waals surface area contributed by atoms with Gasteiger partial charge in [0.15, 0.2) is 21.3 Å². The summed E-state index contributed by atoms with van der Waals surface area (Å²) in [5.41, 5.74) is 6.42. The summed E-state index contributed by atoms with van der Waals surface area (Å²) in [4.78, 5) is 0. The average Bonchev–Trinajstić information content (AvgIpc) is 2.38. The van der Waals surface area contributed by atoms with Crippen LogP contribution in [0.1, 0.15) is 19.4 Å². The monoisotopic (exact) mass is 287 g/mol. The van der Waals surface area contributed by atoms with Gasteiger partial charge >= 0.3 is 0 Å². The van der Waals surface area contributed by atoms with Crippen LogP contribution in [0.3, 0.4) is 0 Å². The van der Waals surface area contributed by atoms with Crippen LogP contribution in [0.4, 0.5) is 0 Å². The van der Waals surface area contributed by atoms with Crippen LogP contribution in [-0.4, -0.2) is 33.1 Å². The lowest BCUT2D eigenvalue weighted by Crippen LogP contribution is -2.22. The maximum Gasteiger partial charge on any atom is 0.165 e. The first-order chi connectivity index (χ1) is 8.92. The second-order valence-corrected chi connectivity index (χ2v) is 7.09. The van der Waals surface area contributed by atoms with Crippen molar-refractivity contribution in [3.05, 3.63) is 23.8 Å². The first-order valence-electron chi connectivity index (χ1n) is 6.12. The molecule has 2 N–H and O–H groups in total. The van der Waals surface area contributed by atoms with Crippen LogP contribution in [0, 0.1) is 0 Å². The molecule has 0 saturated heterocycles. The molecule has 0 aromatic heterocycles. The molecule has 108 valence electrons. The molecule has 1 aromatic rings. The van der Waals surface area contributed by atoms with Gasteiger partial charge in [-0.05, 0) is 19.9 Å². The highest BCUT2D eigenvalue weighted by molar-refractivity contribution is 7.91. The molecule has 0 atom stereocenters. The highest BCUT2D eigenvalue weighted by Crippen LogP contribution is 2.30. The van der Waals surface area contributed by atoms with E-state index >= 15 is 0 Å². The van der Waals surface area contributed by atoms with Gasteiger partial charge < -0.3 is 15.2 Å². The molecule has 0 heterocycles. The summed E-state index contributed by atoms with van der Waals surface area (Å²) in [6, 6.07) is 5.40. The molecule has 1 aromatic carbocycles. The Bertz CT molecular complexity index is 489. The Morgan fingerprint density at radius 1 is 1.32 bits per heavy atom. The molecule has 0 bridgehead atoms. The zero-order valence-corrected chi connectivity index (χ0v) is 12.4.